The highest BCUT2D eigenvalue weighted by Crippen LogP contribution is 2.31. The molecule has 0 aliphatic rings. The number of nitrogens with two attached hydrogens (primary N) is 1. The zero-order chi connectivity index (χ0) is 10.7. The molecule has 78 valence electrons. The van der Waals surface area contributed by atoms with Crippen LogP contribution in [0.5, 0.6) is 5.75 Å². The molecule has 1 rings (SSSR count). The van der Waals surface area contributed by atoms with Gasteiger partial charge in [0.05, 0.1) is 11.1 Å². The van der Waals surface area contributed by atoms with Gasteiger partial charge in [-0.25, -0.2) is 0 Å². The van der Waals surface area contributed by atoms with Crippen LogP contribution in [0.15, 0.2) is 18.2 Å². The molecule has 0 heterocycles. The van der Waals surface area contributed by atoms with Crippen molar-refractivity contribution in [2.75, 3.05) is 6.54 Å². The zero-order valence-corrected chi connectivity index (χ0v) is 8.15. The van der Waals surface area contributed by atoms with E-state index in [-0.39, 0.29) is 22.9 Å². The number of rotatable bonds is 3. The summed E-state index contributed by atoms with van der Waals surface area (Å²) in [6.07, 6.45) is -2.27. The van der Waals surface area contributed by atoms with Crippen LogP contribution < -0.4 is 5.73 Å². The lowest BCUT2D eigenvalue weighted by Gasteiger charge is -2.17. The maximum Gasteiger partial charge on any atom is 0.134 e. The Balaban J connectivity index is 3.01. The number of halogens is 1. The molecule has 0 aromatic heterocycles. The van der Waals surface area contributed by atoms with Gasteiger partial charge in [0.25, 0.3) is 0 Å². The molecular formula is C9H12ClNO3. The van der Waals surface area contributed by atoms with Crippen molar-refractivity contribution in [1.82, 2.24) is 0 Å². The summed E-state index contributed by atoms with van der Waals surface area (Å²) in [4.78, 5) is 0. The molecule has 1 aromatic carbocycles. The van der Waals surface area contributed by atoms with Crippen LogP contribution in [-0.4, -0.2) is 28.0 Å². The second kappa shape index (κ2) is 4.61. The molecular weight excluding hydrogens is 206 g/mol. The maximum atomic E-state index is 9.57. The zero-order valence-electron chi connectivity index (χ0n) is 7.39. The number of benzene rings is 1. The molecule has 0 bridgehead atoms. The fraction of sp³-hybridized carbons (Fsp3) is 0.333. The standard InChI is InChI=1S/C9H12ClNO3/c10-8-5(2-1-3-6(8)12)9(14)7(13)4-11/h1-3,7,9,12-14H,4,11H2. The summed E-state index contributed by atoms with van der Waals surface area (Å²) in [6.45, 7) is -0.0762. The van der Waals surface area contributed by atoms with Gasteiger partial charge in [-0.3, -0.25) is 0 Å². The molecule has 2 atom stereocenters. The van der Waals surface area contributed by atoms with Gasteiger partial charge in [0.1, 0.15) is 11.9 Å². The highest BCUT2D eigenvalue weighted by Gasteiger charge is 2.20. The number of aromatic hydroxyl groups is 1. The van der Waals surface area contributed by atoms with Crippen molar-refractivity contribution < 1.29 is 15.3 Å². The first-order chi connectivity index (χ1) is 6.57. The van der Waals surface area contributed by atoms with Crippen molar-refractivity contribution in [3.8, 4) is 5.75 Å². The minimum Gasteiger partial charge on any atom is -0.506 e. The van der Waals surface area contributed by atoms with Gasteiger partial charge in [0.2, 0.25) is 0 Å². The number of phenols is 1. The SMILES string of the molecule is NCC(O)C(O)c1cccc(O)c1Cl. The summed E-state index contributed by atoms with van der Waals surface area (Å²) >= 11 is 5.73. The van der Waals surface area contributed by atoms with Gasteiger partial charge in [-0.15, -0.1) is 0 Å². The summed E-state index contributed by atoms with van der Waals surface area (Å²) < 4.78 is 0. The van der Waals surface area contributed by atoms with E-state index in [1.807, 2.05) is 0 Å². The fourth-order valence-corrected chi connectivity index (χ4v) is 1.34. The molecule has 0 spiro atoms. The first-order valence-corrected chi connectivity index (χ1v) is 4.49. The molecule has 5 N–H and O–H groups in total. The van der Waals surface area contributed by atoms with Crippen LogP contribution in [0.1, 0.15) is 11.7 Å². The molecule has 0 saturated heterocycles. The predicted molar refractivity (Wildman–Crippen MR) is 53.1 cm³/mol. The van der Waals surface area contributed by atoms with Gasteiger partial charge in [-0.2, -0.15) is 0 Å². The quantitative estimate of drug-likeness (QED) is 0.590. The van der Waals surface area contributed by atoms with E-state index >= 15 is 0 Å². The number of hydrogen-bond donors (Lipinski definition) is 4. The maximum absolute atomic E-state index is 9.57. The Kier molecular flexibility index (Phi) is 3.71. The molecule has 0 radical (unpaired) electrons. The number of aliphatic hydroxyl groups excluding tert-OH is 2. The van der Waals surface area contributed by atoms with Gasteiger partial charge in [0, 0.05) is 12.1 Å². The van der Waals surface area contributed by atoms with Crippen LogP contribution in [-0.2, 0) is 0 Å². The third-order valence-corrected chi connectivity index (χ3v) is 2.34. The van der Waals surface area contributed by atoms with Gasteiger partial charge in [0.15, 0.2) is 0 Å². The van der Waals surface area contributed by atoms with Crippen molar-refractivity contribution in [3.63, 3.8) is 0 Å². The summed E-state index contributed by atoms with van der Waals surface area (Å²) in [7, 11) is 0. The average molecular weight is 218 g/mol. The van der Waals surface area contributed by atoms with E-state index in [0.717, 1.165) is 0 Å². The molecule has 5 heteroatoms. The molecule has 1 aromatic rings. The van der Waals surface area contributed by atoms with E-state index in [1.54, 1.807) is 0 Å². The van der Waals surface area contributed by atoms with E-state index in [4.69, 9.17) is 17.3 Å². The first-order valence-electron chi connectivity index (χ1n) is 4.11. The summed E-state index contributed by atoms with van der Waals surface area (Å²) in [5, 5.41) is 28.1. The number of hydrogen-bond acceptors (Lipinski definition) is 4. The Labute approximate surface area is 86.6 Å². The average Bonchev–Trinajstić information content (AvgIpc) is 2.20. The Morgan fingerprint density at radius 1 is 1.36 bits per heavy atom. The van der Waals surface area contributed by atoms with Gasteiger partial charge in [-0.1, -0.05) is 23.7 Å². The summed E-state index contributed by atoms with van der Waals surface area (Å²) in [5.74, 6) is -0.132. The van der Waals surface area contributed by atoms with Crippen molar-refractivity contribution >= 4 is 11.6 Å². The minimum absolute atomic E-state index is 0.0347. The van der Waals surface area contributed by atoms with Gasteiger partial charge < -0.3 is 21.1 Å². The largest absolute Gasteiger partial charge is 0.506 e. The van der Waals surface area contributed by atoms with E-state index in [0.29, 0.717) is 0 Å². The first kappa shape index (κ1) is 11.3. The lowest BCUT2D eigenvalue weighted by atomic mass is 10.0. The van der Waals surface area contributed by atoms with E-state index in [1.165, 1.54) is 18.2 Å². The Morgan fingerprint density at radius 3 is 2.57 bits per heavy atom. The summed E-state index contributed by atoms with van der Waals surface area (Å²) in [5.41, 5.74) is 5.45. The highest BCUT2D eigenvalue weighted by atomic mass is 35.5. The topological polar surface area (TPSA) is 86.7 Å². The third kappa shape index (κ3) is 2.16. The van der Waals surface area contributed by atoms with Crippen LogP contribution in [0.3, 0.4) is 0 Å². The smallest absolute Gasteiger partial charge is 0.134 e. The molecule has 0 amide bonds. The molecule has 0 saturated carbocycles. The molecule has 2 unspecified atom stereocenters. The molecule has 14 heavy (non-hydrogen) atoms. The van der Waals surface area contributed by atoms with Crippen LogP contribution in [0.2, 0.25) is 5.02 Å². The van der Waals surface area contributed by atoms with E-state index in [2.05, 4.69) is 0 Å². The second-order valence-electron chi connectivity index (χ2n) is 2.93. The minimum atomic E-state index is -1.18. The normalized spacial score (nSPS) is 15.1. The van der Waals surface area contributed by atoms with Crippen LogP contribution in [0, 0.1) is 0 Å². The van der Waals surface area contributed by atoms with Crippen molar-refractivity contribution in [2.24, 2.45) is 5.73 Å². The molecule has 4 nitrogen and oxygen atoms in total. The van der Waals surface area contributed by atoms with Crippen LogP contribution in [0.25, 0.3) is 0 Å². The van der Waals surface area contributed by atoms with Crippen LogP contribution in [0.4, 0.5) is 0 Å². The fourth-order valence-electron chi connectivity index (χ4n) is 1.10. The predicted octanol–water partition coefficient (Wildman–Crippen LogP) is 0.399. The Hall–Kier alpha value is -0.810. The number of phenolic OH excluding ortho intramolecular Hbond substituents is 1. The van der Waals surface area contributed by atoms with Gasteiger partial charge in [-0.05, 0) is 6.07 Å². The second-order valence-corrected chi connectivity index (χ2v) is 3.31. The highest BCUT2D eigenvalue weighted by molar-refractivity contribution is 6.32. The number of aliphatic hydroxyl groups is 2. The van der Waals surface area contributed by atoms with Gasteiger partial charge >= 0.3 is 0 Å². The van der Waals surface area contributed by atoms with E-state index in [9.17, 15) is 15.3 Å². The Bertz CT molecular complexity index is 319. The summed E-state index contributed by atoms with van der Waals surface area (Å²) in [6, 6.07) is 4.45. The molecule has 0 aliphatic heterocycles. The van der Waals surface area contributed by atoms with Crippen molar-refractivity contribution in [3.05, 3.63) is 28.8 Å². The van der Waals surface area contributed by atoms with Crippen LogP contribution >= 0.6 is 11.6 Å². The Morgan fingerprint density at radius 2 is 2.00 bits per heavy atom. The lowest BCUT2D eigenvalue weighted by Crippen LogP contribution is -2.27. The van der Waals surface area contributed by atoms with Crippen molar-refractivity contribution in [2.45, 2.75) is 12.2 Å². The van der Waals surface area contributed by atoms with E-state index < -0.39 is 12.2 Å². The third-order valence-electron chi connectivity index (χ3n) is 1.93. The molecule has 0 aliphatic carbocycles. The molecule has 0 fully saturated rings. The lowest BCUT2D eigenvalue weighted by molar-refractivity contribution is 0.0243. The monoisotopic (exact) mass is 217 g/mol. The van der Waals surface area contributed by atoms with Crippen molar-refractivity contribution in [1.29, 1.82) is 0 Å².